The number of rotatable bonds is 9. The van der Waals surface area contributed by atoms with Gasteiger partial charge < -0.3 is 15.4 Å². The molecule has 0 amide bonds. The molecule has 0 radical (unpaired) electrons. The molecule has 1 aromatic carbocycles. The van der Waals surface area contributed by atoms with E-state index in [0.29, 0.717) is 0 Å². The maximum Gasteiger partial charge on any atom is 0.123 e. The minimum Gasteiger partial charge on any atom is -0.383 e. The van der Waals surface area contributed by atoms with Gasteiger partial charge in [0.2, 0.25) is 0 Å². The molecule has 0 aliphatic carbocycles. The SMILES string of the molecule is COCCNCCCNCc1ccc(F)cc1. The van der Waals surface area contributed by atoms with Crippen LogP contribution in [0.5, 0.6) is 0 Å². The molecule has 0 fully saturated rings. The molecule has 0 aromatic heterocycles. The Balaban J connectivity index is 1.95. The van der Waals surface area contributed by atoms with E-state index >= 15 is 0 Å². The highest BCUT2D eigenvalue weighted by Gasteiger charge is 1.93. The van der Waals surface area contributed by atoms with Crippen LogP contribution in [0.1, 0.15) is 12.0 Å². The van der Waals surface area contributed by atoms with Crippen LogP contribution < -0.4 is 10.6 Å². The van der Waals surface area contributed by atoms with E-state index in [0.717, 1.165) is 44.8 Å². The third-order valence-corrected chi connectivity index (χ3v) is 2.43. The molecule has 0 aliphatic heterocycles. The summed E-state index contributed by atoms with van der Waals surface area (Å²) in [5, 5.41) is 6.60. The summed E-state index contributed by atoms with van der Waals surface area (Å²) in [5.41, 5.74) is 1.11. The van der Waals surface area contributed by atoms with E-state index in [2.05, 4.69) is 10.6 Å². The Labute approximate surface area is 102 Å². The zero-order chi connectivity index (χ0) is 12.3. The first-order valence-electron chi connectivity index (χ1n) is 5.98. The van der Waals surface area contributed by atoms with Crippen molar-refractivity contribution in [1.82, 2.24) is 10.6 Å². The molecule has 0 saturated heterocycles. The standard InChI is InChI=1S/C13H21FN2O/c1-17-10-9-15-7-2-8-16-11-12-3-5-13(14)6-4-12/h3-6,15-16H,2,7-11H2,1H3. The molecule has 0 saturated carbocycles. The number of methoxy groups -OCH3 is 1. The third kappa shape index (κ3) is 7.05. The van der Waals surface area contributed by atoms with Gasteiger partial charge in [0.25, 0.3) is 0 Å². The van der Waals surface area contributed by atoms with Crippen LogP contribution in [0.2, 0.25) is 0 Å². The maximum atomic E-state index is 12.6. The van der Waals surface area contributed by atoms with E-state index < -0.39 is 0 Å². The monoisotopic (exact) mass is 240 g/mol. The number of hydrogen-bond acceptors (Lipinski definition) is 3. The van der Waals surface area contributed by atoms with Crippen LogP contribution in [0.25, 0.3) is 0 Å². The maximum absolute atomic E-state index is 12.6. The highest BCUT2D eigenvalue weighted by atomic mass is 19.1. The van der Waals surface area contributed by atoms with E-state index in [-0.39, 0.29) is 5.82 Å². The van der Waals surface area contributed by atoms with E-state index in [1.807, 2.05) is 0 Å². The summed E-state index contributed by atoms with van der Waals surface area (Å²) < 4.78 is 17.6. The van der Waals surface area contributed by atoms with Crippen molar-refractivity contribution in [2.45, 2.75) is 13.0 Å². The highest BCUT2D eigenvalue weighted by molar-refractivity contribution is 5.15. The lowest BCUT2D eigenvalue weighted by atomic mass is 10.2. The first kappa shape index (κ1) is 14.1. The van der Waals surface area contributed by atoms with Crippen molar-refractivity contribution >= 4 is 0 Å². The minimum absolute atomic E-state index is 0.184. The molecule has 96 valence electrons. The second-order valence-corrected chi connectivity index (χ2v) is 3.90. The summed E-state index contributed by atoms with van der Waals surface area (Å²) in [4.78, 5) is 0. The lowest BCUT2D eigenvalue weighted by Crippen LogP contribution is -2.24. The van der Waals surface area contributed by atoms with Gasteiger partial charge in [0, 0.05) is 20.2 Å². The fraction of sp³-hybridized carbons (Fsp3) is 0.538. The molecule has 1 aromatic rings. The Morgan fingerprint density at radius 1 is 1.06 bits per heavy atom. The average Bonchev–Trinajstić information content (AvgIpc) is 2.35. The van der Waals surface area contributed by atoms with Gasteiger partial charge in [-0.3, -0.25) is 0 Å². The normalized spacial score (nSPS) is 10.7. The molecule has 0 atom stereocenters. The van der Waals surface area contributed by atoms with Gasteiger partial charge >= 0.3 is 0 Å². The summed E-state index contributed by atoms with van der Waals surface area (Å²) in [7, 11) is 1.70. The fourth-order valence-electron chi connectivity index (χ4n) is 1.47. The number of ether oxygens (including phenoxy) is 1. The van der Waals surface area contributed by atoms with Gasteiger partial charge in [-0.2, -0.15) is 0 Å². The molecule has 0 unspecified atom stereocenters. The van der Waals surface area contributed by atoms with Crippen molar-refractivity contribution in [1.29, 1.82) is 0 Å². The van der Waals surface area contributed by atoms with E-state index in [9.17, 15) is 4.39 Å². The molecule has 3 nitrogen and oxygen atoms in total. The van der Waals surface area contributed by atoms with Gasteiger partial charge in [-0.15, -0.1) is 0 Å². The highest BCUT2D eigenvalue weighted by Crippen LogP contribution is 2.01. The third-order valence-electron chi connectivity index (χ3n) is 2.43. The van der Waals surface area contributed by atoms with Crippen molar-refractivity contribution < 1.29 is 9.13 Å². The van der Waals surface area contributed by atoms with Crippen molar-refractivity contribution in [3.8, 4) is 0 Å². The van der Waals surface area contributed by atoms with Gasteiger partial charge in [-0.05, 0) is 37.2 Å². The Morgan fingerprint density at radius 3 is 2.47 bits per heavy atom. The van der Waals surface area contributed by atoms with Crippen molar-refractivity contribution in [3.63, 3.8) is 0 Å². The summed E-state index contributed by atoms with van der Waals surface area (Å²) in [6.45, 7) is 4.38. The second kappa shape index (κ2) is 9.10. The zero-order valence-corrected chi connectivity index (χ0v) is 10.3. The fourth-order valence-corrected chi connectivity index (χ4v) is 1.47. The molecule has 4 heteroatoms. The Bertz CT molecular complexity index is 290. The quantitative estimate of drug-likeness (QED) is 0.642. The number of benzene rings is 1. The van der Waals surface area contributed by atoms with Crippen LogP contribution >= 0.6 is 0 Å². The van der Waals surface area contributed by atoms with Gasteiger partial charge in [0.05, 0.1) is 6.61 Å². The lowest BCUT2D eigenvalue weighted by Gasteiger charge is -2.06. The van der Waals surface area contributed by atoms with Crippen LogP contribution in [-0.2, 0) is 11.3 Å². The number of halogens is 1. The van der Waals surface area contributed by atoms with Gasteiger partial charge in [0.15, 0.2) is 0 Å². The topological polar surface area (TPSA) is 33.3 Å². The van der Waals surface area contributed by atoms with Crippen LogP contribution in [-0.4, -0.2) is 33.4 Å². The summed E-state index contributed by atoms with van der Waals surface area (Å²) >= 11 is 0. The largest absolute Gasteiger partial charge is 0.383 e. The van der Waals surface area contributed by atoms with Gasteiger partial charge in [-0.25, -0.2) is 4.39 Å². The summed E-state index contributed by atoms with van der Waals surface area (Å²) in [5.74, 6) is -0.184. The summed E-state index contributed by atoms with van der Waals surface area (Å²) in [6, 6.07) is 6.59. The number of hydrogen-bond donors (Lipinski definition) is 2. The van der Waals surface area contributed by atoms with E-state index in [4.69, 9.17) is 4.74 Å². The van der Waals surface area contributed by atoms with E-state index in [1.165, 1.54) is 12.1 Å². The van der Waals surface area contributed by atoms with E-state index in [1.54, 1.807) is 19.2 Å². The molecule has 0 spiro atoms. The molecular formula is C13H21FN2O. The first-order valence-corrected chi connectivity index (χ1v) is 5.98. The smallest absolute Gasteiger partial charge is 0.123 e. The average molecular weight is 240 g/mol. The lowest BCUT2D eigenvalue weighted by molar-refractivity contribution is 0.199. The van der Waals surface area contributed by atoms with Crippen molar-refractivity contribution in [2.24, 2.45) is 0 Å². The Kier molecular flexibility index (Phi) is 7.54. The Morgan fingerprint density at radius 2 is 1.76 bits per heavy atom. The van der Waals surface area contributed by atoms with Crippen molar-refractivity contribution in [3.05, 3.63) is 35.6 Å². The molecule has 17 heavy (non-hydrogen) atoms. The molecule has 0 aliphatic rings. The minimum atomic E-state index is -0.184. The molecule has 0 heterocycles. The molecule has 0 bridgehead atoms. The van der Waals surface area contributed by atoms with Gasteiger partial charge in [-0.1, -0.05) is 12.1 Å². The molecular weight excluding hydrogens is 219 g/mol. The molecule has 2 N–H and O–H groups in total. The van der Waals surface area contributed by atoms with Gasteiger partial charge in [0.1, 0.15) is 5.82 Å². The predicted octanol–water partition coefficient (Wildman–Crippen LogP) is 1.54. The summed E-state index contributed by atoms with van der Waals surface area (Å²) in [6.07, 6.45) is 1.07. The number of nitrogens with one attached hydrogen (secondary N) is 2. The Hall–Kier alpha value is -0.970. The zero-order valence-electron chi connectivity index (χ0n) is 10.3. The van der Waals surface area contributed by atoms with Crippen molar-refractivity contribution in [2.75, 3.05) is 33.4 Å². The second-order valence-electron chi connectivity index (χ2n) is 3.90. The van der Waals surface area contributed by atoms with Crippen LogP contribution in [0.15, 0.2) is 24.3 Å². The van der Waals surface area contributed by atoms with Crippen LogP contribution in [0.4, 0.5) is 4.39 Å². The predicted molar refractivity (Wildman–Crippen MR) is 67.5 cm³/mol. The van der Waals surface area contributed by atoms with Crippen LogP contribution in [0.3, 0.4) is 0 Å². The van der Waals surface area contributed by atoms with Crippen LogP contribution in [0, 0.1) is 5.82 Å². The first-order chi connectivity index (χ1) is 8.33. The molecule has 1 rings (SSSR count).